The highest BCUT2D eigenvalue weighted by molar-refractivity contribution is 7.86. The highest BCUT2D eigenvalue weighted by Gasteiger charge is 2.25. The van der Waals surface area contributed by atoms with Crippen LogP contribution in [0.2, 0.25) is 0 Å². The van der Waals surface area contributed by atoms with Crippen LogP contribution in [0.5, 0.6) is 0 Å². The van der Waals surface area contributed by atoms with E-state index in [1.54, 1.807) is 6.07 Å². The van der Waals surface area contributed by atoms with Gasteiger partial charge in [-0.3, -0.25) is 4.18 Å². The molecule has 2 heterocycles. The standard InChI is InChI=1S/C12H14N4O5S/c1-7(21-22(2,19)20)10-11(16-5-3-4-14-16)8(12(17)18)6-9(13)15-10/h3-7H,1-2H3,(H2,13,15)(H,17,18). The Morgan fingerprint density at radius 1 is 1.50 bits per heavy atom. The van der Waals surface area contributed by atoms with Crippen LogP contribution in [0.25, 0.3) is 5.69 Å². The van der Waals surface area contributed by atoms with Gasteiger partial charge in [-0.25, -0.2) is 14.5 Å². The first-order valence-corrected chi connectivity index (χ1v) is 7.92. The van der Waals surface area contributed by atoms with Gasteiger partial charge in [0, 0.05) is 12.4 Å². The molecule has 0 saturated carbocycles. The fraction of sp³-hybridized carbons (Fsp3) is 0.250. The number of carboxylic acid groups (broad SMARTS) is 1. The third kappa shape index (κ3) is 3.40. The van der Waals surface area contributed by atoms with Crippen molar-refractivity contribution in [1.29, 1.82) is 0 Å². The first-order valence-electron chi connectivity index (χ1n) is 6.11. The molecule has 0 radical (unpaired) electrons. The van der Waals surface area contributed by atoms with E-state index in [4.69, 9.17) is 9.92 Å². The van der Waals surface area contributed by atoms with E-state index in [-0.39, 0.29) is 22.8 Å². The van der Waals surface area contributed by atoms with Crippen molar-refractivity contribution in [1.82, 2.24) is 14.8 Å². The second kappa shape index (κ2) is 5.73. The van der Waals surface area contributed by atoms with Crippen LogP contribution in [0, 0.1) is 0 Å². The van der Waals surface area contributed by atoms with Crippen LogP contribution >= 0.6 is 0 Å². The normalized spacial score (nSPS) is 13.0. The zero-order chi connectivity index (χ0) is 16.5. The molecule has 1 atom stereocenters. The van der Waals surface area contributed by atoms with Gasteiger partial charge in [-0.05, 0) is 19.1 Å². The van der Waals surface area contributed by atoms with Gasteiger partial charge >= 0.3 is 5.97 Å². The zero-order valence-electron chi connectivity index (χ0n) is 11.8. The van der Waals surface area contributed by atoms with E-state index in [1.807, 2.05) is 0 Å². The SMILES string of the molecule is CC(OS(C)(=O)=O)c1nc(N)cc(C(=O)O)c1-n1cccn1. The number of pyridine rings is 1. The van der Waals surface area contributed by atoms with Crippen molar-refractivity contribution in [3.63, 3.8) is 0 Å². The van der Waals surface area contributed by atoms with Gasteiger partial charge in [-0.15, -0.1) is 0 Å². The number of anilines is 1. The summed E-state index contributed by atoms with van der Waals surface area (Å²) in [4.78, 5) is 15.5. The molecule has 1 unspecified atom stereocenters. The van der Waals surface area contributed by atoms with E-state index < -0.39 is 22.2 Å². The van der Waals surface area contributed by atoms with Gasteiger partial charge in [-0.1, -0.05) is 0 Å². The molecule has 0 aliphatic heterocycles. The van der Waals surface area contributed by atoms with Gasteiger partial charge < -0.3 is 10.8 Å². The number of rotatable bonds is 5. The van der Waals surface area contributed by atoms with Gasteiger partial charge in [0.05, 0.1) is 17.5 Å². The molecule has 0 aliphatic rings. The van der Waals surface area contributed by atoms with Crippen molar-refractivity contribution < 1.29 is 22.5 Å². The molecule has 0 bridgehead atoms. The average molecular weight is 326 g/mol. The van der Waals surface area contributed by atoms with Crippen LogP contribution < -0.4 is 5.73 Å². The Labute approximate surface area is 126 Å². The first kappa shape index (κ1) is 15.9. The lowest BCUT2D eigenvalue weighted by Gasteiger charge is -2.17. The summed E-state index contributed by atoms with van der Waals surface area (Å²) in [6.45, 7) is 1.43. The Kier molecular flexibility index (Phi) is 4.15. The van der Waals surface area contributed by atoms with Crippen LogP contribution in [-0.2, 0) is 14.3 Å². The van der Waals surface area contributed by atoms with Crippen LogP contribution in [0.1, 0.15) is 29.1 Å². The van der Waals surface area contributed by atoms with Crippen LogP contribution in [0.4, 0.5) is 5.82 Å². The van der Waals surface area contributed by atoms with Crippen molar-refractivity contribution >= 4 is 21.9 Å². The maximum Gasteiger partial charge on any atom is 0.338 e. The molecule has 0 amide bonds. The summed E-state index contributed by atoms with van der Waals surface area (Å²) >= 11 is 0. The lowest BCUT2D eigenvalue weighted by Crippen LogP contribution is -2.17. The van der Waals surface area contributed by atoms with Gasteiger partial charge in [-0.2, -0.15) is 13.5 Å². The Morgan fingerprint density at radius 2 is 2.18 bits per heavy atom. The summed E-state index contributed by atoms with van der Waals surface area (Å²) in [6.07, 6.45) is 2.82. The zero-order valence-corrected chi connectivity index (χ0v) is 12.6. The van der Waals surface area contributed by atoms with Gasteiger partial charge in [0.15, 0.2) is 0 Å². The minimum atomic E-state index is -3.76. The number of hydrogen-bond acceptors (Lipinski definition) is 7. The largest absolute Gasteiger partial charge is 0.478 e. The maximum atomic E-state index is 11.4. The number of aromatic carboxylic acids is 1. The Hall–Kier alpha value is -2.46. The predicted octanol–water partition coefficient (Wildman–Crippen LogP) is 0.585. The summed E-state index contributed by atoms with van der Waals surface area (Å²) in [7, 11) is -3.76. The molecule has 0 aromatic carbocycles. The highest BCUT2D eigenvalue weighted by Crippen LogP contribution is 2.28. The lowest BCUT2D eigenvalue weighted by atomic mass is 10.1. The van der Waals surface area contributed by atoms with Crippen LogP contribution in [-0.4, -0.2) is 40.5 Å². The van der Waals surface area contributed by atoms with E-state index >= 15 is 0 Å². The van der Waals surface area contributed by atoms with Gasteiger partial charge in [0.25, 0.3) is 10.1 Å². The summed E-state index contributed by atoms with van der Waals surface area (Å²) in [5.74, 6) is -1.31. The highest BCUT2D eigenvalue weighted by atomic mass is 32.2. The second-order valence-corrected chi connectivity index (χ2v) is 6.13. The number of hydrogen-bond donors (Lipinski definition) is 2. The number of carboxylic acids is 1. The van der Waals surface area contributed by atoms with E-state index in [1.165, 1.54) is 30.1 Å². The Morgan fingerprint density at radius 3 is 2.68 bits per heavy atom. The number of nitrogens with zero attached hydrogens (tertiary/aromatic N) is 3. The maximum absolute atomic E-state index is 11.4. The quantitative estimate of drug-likeness (QED) is 0.761. The number of nitrogens with two attached hydrogens (primary N) is 1. The van der Waals surface area contributed by atoms with Crippen molar-refractivity contribution in [2.24, 2.45) is 0 Å². The van der Waals surface area contributed by atoms with Crippen molar-refractivity contribution in [3.8, 4) is 5.69 Å². The van der Waals surface area contributed by atoms with Gasteiger partial charge in [0.2, 0.25) is 0 Å². The molecule has 0 saturated heterocycles. The minimum absolute atomic E-state index is 0.0616. The van der Waals surface area contributed by atoms with Crippen molar-refractivity contribution in [2.75, 3.05) is 12.0 Å². The second-order valence-electron chi connectivity index (χ2n) is 4.53. The number of nitrogen functional groups attached to an aromatic ring is 1. The molecule has 10 heteroatoms. The fourth-order valence-corrected chi connectivity index (χ4v) is 2.59. The molecule has 0 spiro atoms. The fourth-order valence-electron chi connectivity index (χ4n) is 1.97. The van der Waals surface area contributed by atoms with Gasteiger partial charge in [0.1, 0.15) is 17.6 Å². The van der Waals surface area contributed by atoms with Crippen molar-refractivity contribution in [2.45, 2.75) is 13.0 Å². The molecule has 0 fully saturated rings. The summed E-state index contributed by atoms with van der Waals surface area (Å²) in [5, 5.41) is 13.3. The predicted molar refractivity (Wildman–Crippen MR) is 77.1 cm³/mol. The monoisotopic (exact) mass is 326 g/mol. The summed E-state index contributed by atoms with van der Waals surface area (Å²) in [6, 6.07) is 2.77. The van der Waals surface area contributed by atoms with E-state index in [0.717, 1.165) is 6.26 Å². The molecule has 9 nitrogen and oxygen atoms in total. The van der Waals surface area contributed by atoms with E-state index in [9.17, 15) is 18.3 Å². The first-order chi connectivity index (χ1) is 10.2. The average Bonchev–Trinajstić information content (AvgIpc) is 2.89. The molecule has 2 aromatic heterocycles. The van der Waals surface area contributed by atoms with Crippen molar-refractivity contribution in [3.05, 3.63) is 35.8 Å². The molecule has 3 N–H and O–H groups in total. The minimum Gasteiger partial charge on any atom is -0.478 e. The molecule has 2 rings (SSSR count). The topological polar surface area (TPSA) is 137 Å². The molecule has 22 heavy (non-hydrogen) atoms. The summed E-state index contributed by atoms with van der Waals surface area (Å²) in [5.41, 5.74) is 5.62. The summed E-state index contributed by atoms with van der Waals surface area (Å²) < 4.78 is 28.7. The van der Waals surface area contributed by atoms with Crippen LogP contribution in [0.15, 0.2) is 24.5 Å². The molecular weight excluding hydrogens is 312 g/mol. The lowest BCUT2D eigenvalue weighted by molar-refractivity contribution is 0.0696. The third-order valence-corrected chi connectivity index (χ3v) is 3.35. The Bertz CT molecular complexity index is 801. The van der Waals surface area contributed by atoms with Crippen LogP contribution in [0.3, 0.4) is 0 Å². The third-order valence-electron chi connectivity index (χ3n) is 2.71. The smallest absolute Gasteiger partial charge is 0.338 e. The Balaban J connectivity index is 2.69. The molecular formula is C12H14N4O5S. The van der Waals surface area contributed by atoms with E-state index in [0.29, 0.717) is 0 Å². The van der Waals surface area contributed by atoms with E-state index in [2.05, 4.69) is 10.1 Å². The number of carbonyl (C=O) groups is 1. The number of aromatic nitrogens is 3. The molecule has 118 valence electrons. The molecule has 2 aromatic rings. The molecule has 0 aliphatic carbocycles.